The van der Waals surface area contributed by atoms with Gasteiger partial charge in [0.1, 0.15) is 6.61 Å². The maximum atomic E-state index is 12.7. The van der Waals surface area contributed by atoms with E-state index in [1.807, 2.05) is 0 Å². The molecule has 0 aromatic carbocycles. The van der Waals surface area contributed by atoms with Gasteiger partial charge in [-0.2, -0.15) is 0 Å². The van der Waals surface area contributed by atoms with Crippen molar-refractivity contribution in [1.82, 2.24) is 0 Å². The molecule has 2 unspecified atom stereocenters. The number of allylic oxidation sites excluding steroid dienone is 28. The van der Waals surface area contributed by atoms with Crippen LogP contribution in [0.2, 0.25) is 0 Å². The molecule has 0 aromatic rings. The average molecular weight is 1200 g/mol. The zero-order valence-corrected chi connectivity index (χ0v) is 54.7. The number of hydrogen-bond acceptors (Lipinski definition) is 8. The Labute approximate surface area is 521 Å². The van der Waals surface area contributed by atoms with Gasteiger partial charge in [-0.15, -0.1) is 0 Å². The third-order valence-electron chi connectivity index (χ3n) is 13.6. The van der Waals surface area contributed by atoms with Crippen molar-refractivity contribution in [2.45, 2.75) is 264 Å². The third kappa shape index (κ3) is 68.4. The van der Waals surface area contributed by atoms with Crippen molar-refractivity contribution in [3.8, 4) is 0 Å². The zero-order valence-electron chi connectivity index (χ0n) is 53.8. The number of phosphoric ester groups is 1. The van der Waals surface area contributed by atoms with Gasteiger partial charge in [-0.05, 0) is 135 Å². The van der Waals surface area contributed by atoms with E-state index in [0.29, 0.717) is 12.8 Å². The minimum atomic E-state index is -4.41. The molecular weight excluding hydrogens is 1070 g/mol. The Morgan fingerprint density at radius 2 is 0.647 bits per heavy atom. The molecular formula is C75H122NO8P. The number of carbonyl (C=O) groups excluding carboxylic acids is 2. The first-order valence-electron chi connectivity index (χ1n) is 33.6. The molecule has 0 rings (SSSR count). The van der Waals surface area contributed by atoms with E-state index >= 15 is 0 Å². The summed E-state index contributed by atoms with van der Waals surface area (Å²) in [6.45, 7) is 3.59. The maximum Gasteiger partial charge on any atom is 0.472 e. The maximum absolute atomic E-state index is 12.7. The molecule has 2 atom stereocenters. The summed E-state index contributed by atoms with van der Waals surface area (Å²) in [5, 5.41) is 0. The number of unbranched alkanes of at least 4 members (excludes halogenated alkanes) is 20. The van der Waals surface area contributed by atoms with Crippen LogP contribution >= 0.6 is 7.82 Å². The van der Waals surface area contributed by atoms with Gasteiger partial charge in [-0.3, -0.25) is 18.6 Å². The van der Waals surface area contributed by atoms with Crippen molar-refractivity contribution < 1.29 is 37.6 Å². The Kier molecular flexibility index (Phi) is 64.8. The van der Waals surface area contributed by atoms with Gasteiger partial charge in [0.2, 0.25) is 0 Å². The summed E-state index contributed by atoms with van der Waals surface area (Å²) in [4.78, 5) is 35.3. The van der Waals surface area contributed by atoms with Crippen molar-refractivity contribution >= 4 is 19.8 Å². The van der Waals surface area contributed by atoms with Gasteiger partial charge in [-0.1, -0.05) is 280 Å². The summed E-state index contributed by atoms with van der Waals surface area (Å²) in [6.07, 6.45) is 101. The Morgan fingerprint density at radius 3 is 0.965 bits per heavy atom. The largest absolute Gasteiger partial charge is 0.472 e. The van der Waals surface area contributed by atoms with E-state index in [0.717, 1.165) is 141 Å². The molecule has 9 nitrogen and oxygen atoms in total. The van der Waals surface area contributed by atoms with Gasteiger partial charge >= 0.3 is 19.8 Å². The van der Waals surface area contributed by atoms with Crippen LogP contribution in [-0.4, -0.2) is 49.3 Å². The molecule has 0 aliphatic heterocycles. The van der Waals surface area contributed by atoms with E-state index in [9.17, 15) is 19.0 Å². The molecule has 3 N–H and O–H groups in total. The lowest BCUT2D eigenvalue weighted by atomic mass is 10.1. The van der Waals surface area contributed by atoms with Gasteiger partial charge < -0.3 is 20.1 Å². The van der Waals surface area contributed by atoms with Crippen LogP contribution in [0.25, 0.3) is 0 Å². The first-order valence-corrected chi connectivity index (χ1v) is 35.1. The molecule has 0 amide bonds. The molecule has 0 bridgehead atoms. The van der Waals surface area contributed by atoms with Gasteiger partial charge in [-0.25, -0.2) is 4.57 Å². The normalized spacial score (nSPS) is 14.1. The molecule has 0 heterocycles. The highest BCUT2D eigenvalue weighted by Crippen LogP contribution is 2.43. The molecule has 10 heteroatoms. The van der Waals surface area contributed by atoms with E-state index in [4.69, 9.17) is 24.3 Å². The number of carbonyl (C=O) groups is 2. The number of phosphoric acid groups is 1. The molecule has 0 spiro atoms. The first-order chi connectivity index (χ1) is 41.8. The number of ether oxygens (including phenoxy) is 2. The Bertz CT molecular complexity index is 2000. The number of hydrogen-bond donors (Lipinski definition) is 2. The topological polar surface area (TPSA) is 134 Å². The van der Waals surface area contributed by atoms with Crippen molar-refractivity contribution in [2.75, 3.05) is 26.4 Å². The fourth-order valence-corrected chi connectivity index (χ4v) is 9.41. The standard InChI is InChI=1S/C75H122NO8P/c1-3-5-7-9-11-13-15-17-19-21-23-25-27-28-29-30-31-32-33-34-35-36-37-38-39-40-41-42-43-44-46-48-50-52-54-56-58-60-62-64-66-68-75(78)84-73(72-83-85(79,80)82-70-69-76)71-81-74(77)67-65-63-61-59-57-55-53-51-49-47-45-26-24-22-20-18-16-14-12-10-8-6-4-2/h5,7,11,13,16-19,22-25,28-29,31-32,34-35,37-38,40-41,43-45,47-48,50,73H,3-4,6,8-10,12,14-15,20-21,26-27,30,33,36,39,42,46,49,51-72,76H2,1-2H3,(H,79,80)/b7-5-,13-11-,18-16-,19-17-,24-22-,25-23-,29-28-,32-31-,35-34-,38-37-,41-40-,44-43-,47-45-,50-48-. The summed E-state index contributed by atoms with van der Waals surface area (Å²) >= 11 is 0. The molecule has 0 saturated heterocycles. The highest BCUT2D eigenvalue weighted by atomic mass is 31.2. The van der Waals surface area contributed by atoms with Gasteiger partial charge in [0.25, 0.3) is 0 Å². The fraction of sp³-hybridized carbons (Fsp3) is 0.600. The molecule has 0 fully saturated rings. The fourth-order valence-electron chi connectivity index (χ4n) is 8.65. The smallest absolute Gasteiger partial charge is 0.462 e. The predicted molar refractivity (Wildman–Crippen MR) is 366 cm³/mol. The monoisotopic (exact) mass is 1200 g/mol. The summed E-state index contributed by atoms with van der Waals surface area (Å²) in [5.74, 6) is -0.858. The van der Waals surface area contributed by atoms with Gasteiger partial charge in [0.05, 0.1) is 13.2 Å². The van der Waals surface area contributed by atoms with Crippen molar-refractivity contribution in [3.05, 3.63) is 170 Å². The van der Waals surface area contributed by atoms with Crippen LogP contribution in [-0.2, 0) is 32.7 Å². The molecule has 0 aliphatic rings. The van der Waals surface area contributed by atoms with Crippen molar-refractivity contribution in [1.29, 1.82) is 0 Å². The summed E-state index contributed by atoms with van der Waals surface area (Å²) in [5.41, 5.74) is 5.39. The average Bonchev–Trinajstić information content (AvgIpc) is 3.52. The summed E-state index contributed by atoms with van der Waals surface area (Å²) < 4.78 is 33.1. The van der Waals surface area contributed by atoms with Crippen LogP contribution in [0.1, 0.15) is 258 Å². The zero-order chi connectivity index (χ0) is 61.6. The van der Waals surface area contributed by atoms with E-state index in [1.54, 1.807) is 0 Å². The predicted octanol–water partition coefficient (Wildman–Crippen LogP) is 22.2. The van der Waals surface area contributed by atoms with E-state index in [1.165, 1.54) is 77.0 Å². The minimum absolute atomic E-state index is 0.0418. The lowest BCUT2D eigenvalue weighted by Gasteiger charge is -2.19. The van der Waals surface area contributed by atoms with Crippen LogP contribution < -0.4 is 5.73 Å². The van der Waals surface area contributed by atoms with Crippen molar-refractivity contribution in [3.63, 3.8) is 0 Å². The second kappa shape index (κ2) is 68.5. The van der Waals surface area contributed by atoms with E-state index in [-0.39, 0.29) is 32.6 Å². The van der Waals surface area contributed by atoms with Crippen molar-refractivity contribution in [2.24, 2.45) is 5.73 Å². The quantitative estimate of drug-likeness (QED) is 0.0264. The first kappa shape index (κ1) is 80.4. The second-order valence-corrected chi connectivity index (χ2v) is 23.1. The lowest BCUT2D eigenvalue weighted by molar-refractivity contribution is -0.161. The lowest BCUT2D eigenvalue weighted by Crippen LogP contribution is -2.29. The SMILES string of the molecule is CC/C=C\C/C=C\C/C=C\C/C=C\C/C=C\C/C=C\C/C=C\C/C=C\C/C=C\C/C=C\C/C=C\CCCCCCCCCC(=O)OC(COC(=O)CCCCCCCCCC/C=C\C/C=C\C/C=C\CCCCCCC)COP(=O)(O)OCCN. The number of esters is 2. The molecule has 0 radical (unpaired) electrons. The minimum Gasteiger partial charge on any atom is -0.462 e. The van der Waals surface area contributed by atoms with Crippen LogP contribution in [0.15, 0.2) is 170 Å². The Hall–Kier alpha value is -4.63. The van der Waals surface area contributed by atoms with Crippen LogP contribution in [0.4, 0.5) is 0 Å². The second-order valence-electron chi connectivity index (χ2n) is 21.6. The third-order valence-corrected chi connectivity index (χ3v) is 14.6. The molecule has 0 saturated carbocycles. The number of nitrogens with two attached hydrogens (primary N) is 1. The molecule has 0 aliphatic carbocycles. The number of rotatable bonds is 61. The highest BCUT2D eigenvalue weighted by molar-refractivity contribution is 7.47. The molecule has 85 heavy (non-hydrogen) atoms. The Balaban J connectivity index is 4.02. The Morgan fingerprint density at radius 1 is 0.365 bits per heavy atom. The van der Waals surface area contributed by atoms with E-state index in [2.05, 4.69) is 184 Å². The van der Waals surface area contributed by atoms with Crippen LogP contribution in [0.5, 0.6) is 0 Å². The molecule has 480 valence electrons. The van der Waals surface area contributed by atoms with Crippen LogP contribution in [0.3, 0.4) is 0 Å². The molecule has 0 aromatic heterocycles. The van der Waals surface area contributed by atoms with Gasteiger partial charge in [0.15, 0.2) is 6.10 Å². The summed E-state index contributed by atoms with van der Waals surface area (Å²) in [6, 6.07) is 0. The van der Waals surface area contributed by atoms with E-state index < -0.39 is 32.5 Å². The highest BCUT2D eigenvalue weighted by Gasteiger charge is 2.26. The van der Waals surface area contributed by atoms with Gasteiger partial charge in [0, 0.05) is 19.4 Å². The van der Waals surface area contributed by atoms with Crippen LogP contribution in [0, 0.1) is 0 Å². The summed E-state index contributed by atoms with van der Waals surface area (Å²) in [7, 11) is -4.41.